The maximum absolute atomic E-state index is 12.6. The fourth-order valence-corrected chi connectivity index (χ4v) is 3.21. The number of ketones is 1. The van der Waals surface area contributed by atoms with Gasteiger partial charge in [0.05, 0.1) is 5.56 Å². The van der Waals surface area contributed by atoms with Gasteiger partial charge in [-0.2, -0.15) is 13.2 Å². The van der Waals surface area contributed by atoms with E-state index in [0.717, 1.165) is 18.6 Å². The Morgan fingerprint density at radius 3 is 2.54 bits per heavy atom. The molecule has 1 aliphatic carbocycles. The minimum absolute atomic E-state index is 0.00523. The zero-order valence-electron chi connectivity index (χ0n) is 13.5. The molecular formula is C18H19F3O3. The van der Waals surface area contributed by atoms with Crippen molar-refractivity contribution in [2.24, 2.45) is 11.8 Å². The summed E-state index contributed by atoms with van der Waals surface area (Å²) < 4.78 is 37.7. The first-order chi connectivity index (χ1) is 11.2. The van der Waals surface area contributed by atoms with E-state index < -0.39 is 17.3 Å². The lowest BCUT2D eigenvalue weighted by Gasteiger charge is -2.45. The van der Waals surface area contributed by atoms with E-state index in [1.807, 2.05) is 13.8 Å². The van der Waals surface area contributed by atoms with Gasteiger partial charge in [0, 0.05) is 18.3 Å². The number of carbonyl (C=O) groups excluding carboxylic acids is 1. The summed E-state index contributed by atoms with van der Waals surface area (Å²) in [5.41, 5.74) is -0.821. The summed E-state index contributed by atoms with van der Waals surface area (Å²) in [6, 6.07) is 4.90. The third-order valence-corrected chi connectivity index (χ3v) is 5.04. The highest BCUT2D eigenvalue weighted by Gasteiger charge is 2.48. The number of halogens is 3. The van der Waals surface area contributed by atoms with Crippen molar-refractivity contribution in [3.63, 3.8) is 0 Å². The number of alkyl halides is 3. The molecular weight excluding hydrogens is 321 g/mol. The molecule has 130 valence electrons. The molecule has 6 heteroatoms. The second-order valence-electron chi connectivity index (χ2n) is 6.75. The first kappa shape index (κ1) is 17.2. The van der Waals surface area contributed by atoms with Gasteiger partial charge in [0.2, 0.25) is 0 Å². The van der Waals surface area contributed by atoms with E-state index in [-0.39, 0.29) is 23.7 Å². The average molecular weight is 340 g/mol. The Morgan fingerprint density at radius 1 is 1.25 bits per heavy atom. The fraction of sp³-hybridized carbons (Fsp3) is 0.500. The Kier molecular flexibility index (Phi) is 4.30. The predicted molar refractivity (Wildman–Crippen MR) is 81.7 cm³/mol. The monoisotopic (exact) mass is 340 g/mol. The molecule has 1 saturated heterocycles. The molecule has 1 heterocycles. The highest BCUT2D eigenvalue weighted by atomic mass is 19.4. The molecule has 1 aromatic carbocycles. The van der Waals surface area contributed by atoms with Gasteiger partial charge >= 0.3 is 6.18 Å². The summed E-state index contributed by atoms with van der Waals surface area (Å²) in [4.78, 5) is 22.9. The van der Waals surface area contributed by atoms with Crippen molar-refractivity contribution in [2.45, 2.75) is 44.6 Å². The number of Topliss-reactive ketones (excluding diaryl/α,β-unsaturated/α-hetero) is 1. The molecule has 2 fully saturated rings. The summed E-state index contributed by atoms with van der Waals surface area (Å²) in [6.45, 7) is 3.67. The van der Waals surface area contributed by atoms with Gasteiger partial charge in [-0.05, 0) is 37.1 Å². The summed E-state index contributed by atoms with van der Waals surface area (Å²) in [6.07, 6.45) is 0.0635. The molecule has 2 bridgehead atoms. The molecule has 4 unspecified atom stereocenters. The summed E-state index contributed by atoms with van der Waals surface area (Å²) >= 11 is 0. The van der Waals surface area contributed by atoms with Gasteiger partial charge in [0.15, 0.2) is 0 Å². The number of hydrogen-bond acceptors (Lipinski definition) is 3. The van der Waals surface area contributed by atoms with Crippen molar-refractivity contribution >= 4 is 11.9 Å². The summed E-state index contributed by atoms with van der Waals surface area (Å²) in [5.74, 6) is 0.00375. The van der Waals surface area contributed by atoms with Crippen LogP contribution in [-0.4, -0.2) is 17.5 Å². The second-order valence-corrected chi connectivity index (χ2v) is 6.75. The maximum atomic E-state index is 12.6. The van der Waals surface area contributed by atoms with Gasteiger partial charge in [-0.25, -0.2) is 9.78 Å². The standard InChI is InChI=1S/C18H19F3O3/c1-11-15(22)9-14-10-16(11)23-24-17(14,2)8-7-12-3-5-13(6-4-12)18(19,20)21/h3-8,11,14,16H,9-10H2,1-2H3/b8-7+. The molecule has 4 atom stereocenters. The predicted octanol–water partition coefficient (Wildman–Crippen LogP) is 4.42. The lowest BCUT2D eigenvalue weighted by atomic mass is 9.71. The topological polar surface area (TPSA) is 35.5 Å². The fourth-order valence-electron chi connectivity index (χ4n) is 3.21. The zero-order chi connectivity index (χ0) is 17.5. The van der Waals surface area contributed by atoms with Gasteiger partial charge in [0.1, 0.15) is 17.5 Å². The van der Waals surface area contributed by atoms with Gasteiger partial charge in [0.25, 0.3) is 0 Å². The number of rotatable bonds is 2. The number of fused-ring (bicyclic) bond motifs is 2. The van der Waals surface area contributed by atoms with Gasteiger partial charge in [-0.15, -0.1) is 0 Å². The van der Waals surface area contributed by atoms with Gasteiger partial charge in [-0.3, -0.25) is 4.79 Å². The molecule has 0 amide bonds. The Bertz CT molecular complexity index is 650. The second kappa shape index (κ2) is 6.01. The Hall–Kier alpha value is -1.66. The third-order valence-electron chi connectivity index (χ3n) is 5.04. The molecule has 3 nitrogen and oxygen atoms in total. The normalized spacial score (nSPS) is 33.9. The maximum Gasteiger partial charge on any atom is 0.416 e. The minimum atomic E-state index is -4.34. The van der Waals surface area contributed by atoms with E-state index in [1.54, 1.807) is 12.2 Å². The third kappa shape index (κ3) is 3.26. The van der Waals surface area contributed by atoms with Crippen molar-refractivity contribution in [1.82, 2.24) is 0 Å². The Morgan fingerprint density at radius 2 is 1.92 bits per heavy atom. The van der Waals surface area contributed by atoms with Crippen molar-refractivity contribution < 1.29 is 27.7 Å². The molecule has 0 aromatic heterocycles. The molecule has 24 heavy (non-hydrogen) atoms. The van der Waals surface area contributed by atoms with Crippen molar-refractivity contribution in [3.8, 4) is 0 Å². The number of carbonyl (C=O) groups is 1. The molecule has 0 N–H and O–H groups in total. The van der Waals surface area contributed by atoms with E-state index >= 15 is 0 Å². The van der Waals surface area contributed by atoms with Crippen molar-refractivity contribution in [3.05, 3.63) is 41.5 Å². The molecule has 0 spiro atoms. The van der Waals surface area contributed by atoms with Crippen LogP contribution in [0, 0.1) is 11.8 Å². The largest absolute Gasteiger partial charge is 0.416 e. The van der Waals surface area contributed by atoms with Gasteiger partial charge in [-0.1, -0.05) is 25.1 Å². The number of hydrogen-bond donors (Lipinski definition) is 0. The lowest BCUT2D eigenvalue weighted by molar-refractivity contribution is -0.415. The van der Waals surface area contributed by atoms with Crippen LogP contribution in [-0.2, 0) is 20.7 Å². The van der Waals surface area contributed by atoms with Crippen LogP contribution in [0.3, 0.4) is 0 Å². The van der Waals surface area contributed by atoms with E-state index in [0.29, 0.717) is 12.0 Å². The highest BCUT2D eigenvalue weighted by molar-refractivity contribution is 5.82. The van der Waals surface area contributed by atoms with Crippen LogP contribution >= 0.6 is 0 Å². The summed E-state index contributed by atoms with van der Waals surface area (Å²) in [5, 5.41) is 0. The first-order valence-corrected chi connectivity index (χ1v) is 7.93. The molecule has 1 aromatic rings. The molecule has 3 rings (SSSR count). The van der Waals surface area contributed by atoms with Crippen LogP contribution in [0.1, 0.15) is 37.8 Å². The van der Waals surface area contributed by atoms with E-state index in [2.05, 4.69) is 0 Å². The van der Waals surface area contributed by atoms with Crippen LogP contribution < -0.4 is 0 Å². The van der Waals surface area contributed by atoms with E-state index in [9.17, 15) is 18.0 Å². The van der Waals surface area contributed by atoms with Crippen LogP contribution in [0.4, 0.5) is 13.2 Å². The lowest BCUT2D eigenvalue weighted by Crippen LogP contribution is -2.51. The summed E-state index contributed by atoms with van der Waals surface area (Å²) in [7, 11) is 0. The van der Waals surface area contributed by atoms with E-state index in [4.69, 9.17) is 9.78 Å². The highest BCUT2D eigenvalue weighted by Crippen LogP contribution is 2.43. The van der Waals surface area contributed by atoms with Gasteiger partial charge < -0.3 is 0 Å². The molecule has 1 aliphatic heterocycles. The SMILES string of the molecule is CC1C(=O)CC2CC1OOC2(C)/C=C/c1ccc(C(F)(F)F)cc1. The Balaban J connectivity index is 1.75. The number of benzene rings is 1. The first-order valence-electron chi connectivity index (χ1n) is 7.93. The van der Waals surface area contributed by atoms with Crippen molar-refractivity contribution in [1.29, 1.82) is 0 Å². The minimum Gasteiger partial charge on any atom is -0.299 e. The molecule has 2 aliphatic rings. The van der Waals surface area contributed by atoms with Crippen molar-refractivity contribution in [2.75, 3.05) is 0 Å². The van der Waals surface area contributed by atoms with Crippen LogP contribution in [0.2, 0.25) is 0 Å². The smallest absolute Gasteiger partial charge is 0.299 e. The quantitative estimate of drug-likeness (QED) is 0.748. The van der Waals surface area contributed by atoms with Crippen LogP contribution in [0.25, 0.3) is 6.08 Å². The Labute approximate surface area is 138 Å². The average Bonchev–Trinajstić information content (AvgIpc) is 2.53. The zero-order valence-corrected chi connectivity index (χ0v) is 13.5. The van der Waals surface area contributed by atoms with E-state index in [1.165, 1.54) is 12.1 Å². The van der Waals surface area contributed by atoms with Crippen LogP contribution in [0.5, 0.6) is 0 Å². The molecule has 1 saturated carbocycles. The van der Waals surface area contributed by atoms with Crippen LogP contribution in [0.15, 0.2) is 30.3 Å². The molecule has 0 radical (unpaired) electrons.